The Balaban J connectivity index is 2.01. The molecule has 28 heavy (non-hydrogen) atoms. The molecule has 138 valence electrons. The topological polar surface area (TPSA) is 12.0 Å². The van der Waals surface area contributed by atoms with Gasteiger partial charge in [-0.05, 0) is 42.5 Å². The minimum Gasteiger partial charge on any atom is -0.388 e. The van der Waals surface area contributed by atoms with Gasteiger partial charge in [-0.2, -0.15) is 0 Å². The number of benzene rings is 4. The maximum atomic E-state index is 3.39. The minimum atomic E-state index is -1.86. The largest absolute Gasteiger partial charge is 0.388 e. The maximum absolute atomic E-state index is 3.39. The second kappa shape index (κ2) is 8.42. The first-order chi connectivity index (χ1) is 13.8. The van der Waals surface area contributed by atoms with Gasteiger partial charge in [0.2, 0.25) is 0 Å². The third-order valence-corrected chi connectivity index (χ3v) is 9.64. The van der Waals surface area contributed by atoms with Crippen LogP contribution in [0.1, 0.15) is 5.56 Å². The Morgan fingerprint density at radius 2 is 0.929 bits per heavy atom. The molecule has 1 N–H and O–H groups in total. The lowest BCUT2D eigenvalue weighted by molar-refractivity contribution is 1.35. The number of para-hydroxylation sites is 1. The minimum absolute atomic E-state index is 0.988. The van der Waals surface area contributed by atoms with Crippen molar-refractivity contribution in [2.24, 2.45) is 0 Å². The van der Waals surface area contributed by atoms with E-state index >= 15 is 0 Å². The molecule has 0 atom stereocenters. The number of nitrogens with one attached hydrogen (secondary N) is 1. The maximum Gasteiger partial charge on any atom is 0.116 e. The molecule has 4 rings (SSSR count). The molecule has 1 nitrogen and oxygen atoms in total. The highest BCUT2D eigenvalue weighted by Gasteiger charge is 2.45. The zero-order valence-corrected chi connectivity index (χ0v) is 17.0. The molecular weight excluding hydrogens is 357 g/mol. The van der Waals surface area contributed by atoms with E-state index in [1.165, 1.54) is 27.2 Å². The molecule has 2 heteroatoms. The van der Waals surface area contributed by atoms with Gasteiger partial charge in [-0.15, -0.1) is 0 Å². The molecular formula is C26H25NP+. The zero-order valence-electron chi connectivity index (χ0n) is 16.1. The molecule has 0 saturated heterocycles. The Morgan fingerprint density at radius 1 is 0.536 bits per heavy atom. The van der Waals surface area contributed by atoms with Crippen molar-refractivity contribution in [2.45, 2.75) is 6.16 Å². The predicted octanol–water partition coefficient (Wildman–Crippen LogP) is 5.22. The van der Waals surface area contributed by atoms with Crippen LogP contribution in [0.25, 0.3) is 0 Å². The average Bonchev–Trinajstić information content (AvgIpc) is 2.79. The number of hydrogen-bond acceptors (Lipinski definition) is 1. The Morgan fingerprint density at radius 3 is 1.36 bits per heavy atom. The molecule has 0 aliphatic carbocycles. The lowest BCUT2D eigenvalue weighted by atomic mass is 10.2. The van der Waals surface area contributed by atoms with Crippen LogP contribution < -0.4 is 21.2 Å². The third kappa shape index (κ3) is 3.46. The van der Waals surface area contributed by atoms with Gasteiger partial charge in [-0.1, -0.05) is 72.8 Å². The fourth-order valence-electron chi connectivity index (χ4n) is 3.93. The summed E-state index contributed by atoms with van der Waals surface area (Å²) in [6.45, 7) is 0. The van der Waals surface area contributed by atoms with E-state index in [0.717, 1.165) is 6.16 Å². The van der Waals surface area contributed by atoms with Crippen LogP contribution in [-0.4, -0.2) is 7.05 Å². The molecule has 0 radical (unpaired) electrons. The number of hydrogen-bond donors (Lipinski definition) is 1. The molecule has 4 aromatic carbocycles. The summed E-state index contributed by atoms with van der Waals surface area (Å²) in [5, 5.41) is 7.64. The Labute approximate surface area is 168 Å². The van der Waals surface area contributed by atoms with Gasteiger partial charge in [0.05, 0.1) is 0 Å². The standard InChI is InChI=1S/C26H25NP/c1-27-26-20-12-11-13-22(26)21-28(23-14-5-2-6-15-23,24-16-7-3-8-17-24)25-18-9-4-10-19-25/h2-20,27H,21H2,1H3/q+1. The first kappa shape index (κ1) is 18.5. The van der Waals surface area contributed by atoms with Crippen LogP contribution in [0.4, 0.5) is 5.69 Å². The highest BCUT2D eigenvalue weighted by molar-refractivity contribution is 7.95. The van der Waals surface area contributed by atoms with E-state index in [1.54, 1.807) is 0 Å². The van der Waals surface area contributed by atoms with Crippen molar-refractivity contribution in [3.05, 3.63) is 121 Å². The summed E-state index contributed by atoms with van der Waals surface area (Å²) in [6, 6.07) is 41.8. The summed E-state index contributed by atoms with van der Waals surface area (Å²) in [5.41, 5.74) is 2.56. The van der Waals surface area contributed by atoms with Crippen molar-refractivity contribution in [1.29, 1.82) is 0 Å². The smallest absolute Gasteiger partial charge is 0.116 e. The van der Waals surface area contributed by atoms with E-state index in [9.17, 15) is 0 Å². The van der Waals surface area contributed by atoms with Crippen molar-refractivity contribution in [3.63, 3.8) is 0 Å². The van der Waals surface area contributed by atoms with Gasteiger partial charge in [-0.25, -0.2) is 0 Å². The monoisotopic (exact) mass is 382 g/mol. The lowest BCUT2D eigenvalue weighted by Gasteiger charge is -2.28. The van der Waals surface area contributed by atoms with Gasteiger partial charge in [0.1, 0.15) is 29.3 Å². The Hall–Kier alpha value is -2.89. The highest BCUT2D eigenvalue weighted by Crippen LogP contribution is 2.58. The van der Waals surface area contributed by atoms with Crippen LogP contribution >= 0.6 is 7.26 Å². The molecule has 0 aromatic heterocycles. The quantitative estimate of drug-likeness (QED) is 0.451. The molecule has 0 saturated carbocycles. The molecule has 0 heterocycles. The van der Waals surface area contributed by atoms with Gasteiger partial charge in [0.15, 0.2) is 0 Å². The van der Waals surface area contributed by atoms with Crippen molar-refractivity contribution in [3.8, 4) is 0 Å². The third-order valence-electron chi connectivity index (χ3n) is 5.29. The zero-order chi connectivity index (χ0) is 19.2. The number of anilines is 1. The summed E-state index contributed by atoms with van der Waals surface area (Å²) in [4.78, 5) is 0. The lowest BCUT2D eigenvalue weighted by Crippen LogP contribution is -2.32. The fourth-order valence-corrected chi connectivity index (χ4v) is 8.20. The van der Waals surface area contributed by atoms with Crippen molar-refractivity contribution in [1.82, 2.24) is 0 Å². The van der Waals surface area contributed by atoms with Crippen LogP contribution in [0.15, 0.2) is 115 Å². The normalized spacial score (nSPS) is 11.2. The molecule has 0 unspecified atom stereocenters. The highest BCUT2D eigenvalue weighted by atomic mass is 31.2. The molecule has 4 aromatic rings. The van der Waals surface area contributed by atoms with Crippen molar-refractivity contribution < 1.29 is 0 Å². The van der Waals surface area contributed by atoms with Gasteiger partial charge in [0.25, 0.3) is 0 Å². The van der Waals surface area contributed by atoms with E-state index < -0.39 is 7.26 Å². The fraction of sp³-hybridized carbons (Fsp3) is 0.0769. The summed E-state index contributed by atoms with van der Waals surface area (Å²) >= 11 is 0. The van der Waals surface area contributed by atoms with E-state index in [2.05, 4.69) is 121 Å². The van der Waals surface area contributed by atoms with Crippen LogP contribution in [-0.2, 0) is 6.16 Å². The van der Waals surface area contributed by atoms with Gasteiger partial charge in [0, 0.05) is 18.3 Å². The molecule has 0 bridgehead atoms. The first-order valence-electron chi connectivity index (χ1n) is 9.65. The summed E-state index contributed by atoms with van der Waals surface area (Å²) in [7, 11) is 0.151. The molecule has 0 amide bonds. The van der Waals surface area contributed by atoms with Crippen LogP contribution in [0.3, 0.4) is 0 Å². The summed E-state index contributed by atoms with van der Waals surface area (Å²) < 4.78 is 0. The summed E-state index contributed by atoms with van der Waals surface area (Å²) in [5.74, 6) is 0. The SMILES string of the molecule is CNc1ccccc1C[P+](c1ccccc1)(c1ccccc1)c1ccccc1. The molecule has 0 aliphatic heterocycles. The van der Waals surface area contributed by atoms with Crippen LogP contribution in [0.2, 0.25) is 0 Å². The van der Waals surface area contributed by atoms with Crippen molar-refractivity contribution in [2.75, 3.05) is 12.4 Å². The van der Waals surface area contributed by atoms with E-state index in [1.807, 2.05) is 7.05 Å². The number of rotatable bonds is 6. The van der Waals surface area contributed by atoms with E-state index in [4.69, 9.17) is 0 Å². The van der Waals surface area contributed by atoms with E-state index in [-0.39, 0.29) is 0 Å². The van der Waals surface area contributed by atoms with Gasteiger partial charge in [-0.3, -0.25) is 0 Å². The Kier molecular flexibility index (Phi) is 5.55. The van der Waals surface area contributed by atoms with Crippen LogP contribution in [0.5, 0.6) is 0 Å². The summed E-state index contributed by atoms with van der Waals surface area (Å²) in [6.07, 6.45) is 0.988. The molecule has 0 aliphatic rings. The molecule has 0 spiro atoms. The van der Waals surface area contributed by atoms with Gasteiger partial charge < -0.3 is 5.32 Å². The molecule has 0 fully saturated rings. The van der Waals surface area contributed by atoms with Gasteiger partial charge >= 0.3 is 0 Å². The average molecular weight is 382 g/mol. The first-order valence-corrected chi connectivity index (χ1v) is 11.6. The second-order valence-electron chi connectivity index (χ2n) is 6.88. The second-order valence-corrected chi connectivity index (χ2v) is 10.4. The van der Waals surface area contributed by atoms with Crippen LogP contribution in [0, 0.1) is 0 Å². The van der Waals surface area contributed by atoms with Crippen molar-refractivity contribution >= 4 is 28.9 Å². The van der Waals surface area contributed by atoms with E-state index in [0.29, 0.717) is 0 Å². The predicted molar refractivity (Wildman–Crippen MR) is 125 cm³/mol. The Bertz CT molecular complexity index is 917.